The number of benzene rings is 1. The van der Waals surface area contributed by atoms with Crippen molar-refractivity contribution in [2.75, 3.05) is 11.9 Å². The SMILES string of the molecule is NC(=S)C1CCCN1C(=O)Nc1cccc(Cl)c1. The van der Waals surface area contributed by atoms with Gasteiger partial charge in [0.25, 0.3) is 0 Å². The van der Waals surface area contributed by atoms with Crippen LogP contribution in [0.1, 0.15) is 12.8 Å². The number of carbonyl (C=O) groups excluding carboxylic acids is 1. The number of carbonyl (C=O) groups is 1. The van der Waals surface area contributed by atoms with Crippen LogP contribution in [0.5, 0.6) is 0 Å². The predicted molar refractivity (Wildman–Crippen MR) is 77.0 cm³/mol. The summed E-state index contributed by atoms with van der Waals surface area (Å²) in [5, 5.41) is 3.38. The van der Waals surface area contributed by atoms with E-state index in [0.29, 0.717) is 22.2 Å². The smallest absolute Gasteiger partial charge is 0.322 e. The Labute approximate surface area is 116 Å². The standard InChI is InChI=1S/C12H14ClN3OS/c13-8-3-1-4-9(7-8)15-12(17)16-6-2-5-10(16)11(14)18/h1,3-4,7,10H,2,5-6H2,(H2,14,18)(H,15,17). The van der Waals surface area contributed by atoms with Gasteiger partial charge in [0.15, 0.2) is 0 Å². The van der Waals surface area contributed by atoms with Gasteiger partial charge < -0.3 is 16.0 Å². The Morgan fingerprint density at radius 1 is 1.56 bits per heavy atom. The van der Waals surface area contributed by atoms with E-state index in [1.807, 2.05) is 0 Å². The van der Waals surface area contributed by atoms with Crippen molar-refractivity contribution in [3.05, 3.63) is 29.3 Å². The van der Waals surface area contributed by atoms with Crippen molar-refractivity contribution in [1.82, 2.24) is 4.90 Å². The highest BCUT2D eigenvalue weighted by Crippen LogP contribution is 2.20. The second kappa shape index (κ2) is 5.54. The van der Waals surface area contributed by atoms with Crippen LogP contribution in [0.4, 0.5) is 10.5 Å². The van der Waals surface area contributed by atoms with Crippen LogP contribution in [0, 0.1) is 0 Å². The van der Waals surface area contributed by atoms with Gasteiger partial charge in [-0.1, -0.05) is 29.9 Å². The number of thiocarbonyl (C=S) groups is 1. The minimum Gasteiger partial charge on any atom is -0.392 e. The van der Waals surface area contributed by atoms with Gasteiger partial charge >= 0.3 is 6.03 Å². The third-order valence-corrected chi connectivity index (χ3v) is 3.43. The number of nitrogens with one attached hydrogen (secondary N) is 1. The minimum atomic E-state index is -0.187. The molecule has 1 unspecified atom stereocenters. The van der Waals surface area contributed by atoms with E-state index in [2.05, 4.69) is 5.32 Å². The molecule has 6 heteroatoms. The zero-order valence-electron chi connectivity index (χ0n) is 9.73. The number of hydrogen-bond acceptors (Lipinski definition) is 2. The number of halogens is 1. The Balaban J connectivity index is 2.06. The lowest BCUT2D eigenvalue weighted by Crippen LogP contribution is -2.44. The molecule has 0 aliphatic carbocycles. The summed E-state index contributed by atoms with van der Waals surface area (Å²) in [6, 6.07) is 6.70. The van der Waals surface area contributed by atoms with E-state index in [4.69, 9.17) is 29.6 Å². The summed E-state index contributed by atoms with van der Waals surface area (Å²) < 4.78 is 0. The minimum absolute atomic E-state index is 0.140. The van der Waals surface area contributed by atoms with E-state index < -0.39 is 0 Å². The number of anilines is 1. The molecule has 1 aliphatic rings. The van der Waals surface area contributed by atoms with Gasteiger partial charge in [-0.05, 0) is 31.0 Å². The van der Waals surface area contributed by atoms with E-state index in [1.165, 1.54) is 0 Å². The van der Waals surface area contributed by atoms with Gasteiger partial charge in [-0.15, -0.1) is 0 Å². The van der Waals surface area contributed by atoms with Gasteiger partial charge in [0.05, 0.1) is 11.0 Å². The summed E-state index contributed by atoms with van der Waals surface area (Å²) in [6.45, 7) is 0.675. The normalized spacial score (nSPS) is 18.7. The molecule has 2 rings (SSSR count). The molecule has 1 saturated heterocycles. The van der Waals surface area contributed by atoms with Gasteiger partial charge in [-0.25, -0.2) is 4.79 Å². The molecule has 0 saturated carbocycles. The van der Waals surface area contributed by atoms with Gasteiger partial charge in [0, 0.05) is 17.3 Å². The molecule has 1 atom stereocenters. The number of hydrogen-bond donors (Lipinski definition) is 2. The lowest BCUT2D eigenvalue weighted by Gasteiger charge is -2.24. The molecule has 3 N–H and O–H groups in total. The maximum absolute atomic E-state index is 12.1. The summed E-state index contributed by atoms with van der Waals surface area (Å²) in [5.74, 6) is 0. The Kier molecular flexibility index (Phi) is 4.04. The maximum atomic E-state index is 12.1. The van der Waals surface area contributed by atoms with Crippen molar-refractivity contribution in [3.8, 4) is 0 Å². The van der Waals surface area contributed by atoms with Crippen LogP contribution < -0.4 is 11.1 Å². The summed E-state index contributed by atoms with van der Waals surface area (Å²) in [6.07, 6.45) is 1.75. The molecular weight excluding hydrogens is 270 g/mol. The Hall–Kier alpha value is -1.33. The van der Waals surface area contributed by atoms with Crippen molar-refractivity contribution in [2.24, 2.45) is 5.73 Å². The molecule has 1 aromatic carbocycles. The zero-order chi connectivity index (χ0) is 13.1. The quantitative estimate of drug-likeness (QED) is 0.821. The average molecular weight is 284 g/mol. The van der Waals surface area contributed by atoms with Crippen molar-refractivity contribution in [3.63, 3.8) is 0 Å². The monoisotopic (exact) mass is 283 g/mol. The van der Waals surface area contributed by atoms with Crippen LogP contribution in [-0.4, -0.2) is 28.5 Å². The fourth-order valence-electron chi connectivity index (χ4n) is 2.07. The highest BCUT2D eigenvalue weighted by atomic mass is 35.5. The number of nitrogens with zero attached hydrogens (tertiary/aromatic N) is 1. The molecule has 0 aromatic heterocycles. The highest BCUT2D eigenvalue weighted by Gasteiger charge is 2.30. The van der Waals surface area contributed by atoms with Crippen LogP contribution in [0.25, 0.3) is 0 Å². The molecule has 2 amide bonds. The summed E-state index contributed by atoms with van der Waals surface area (Å²) in [4.78, 5) is 14.1. The molecule has 0 radical (unpaired) electrons. The fraction of sp³-hybridized carbons (Fsp3) is 0.333. The third-order valence-electron chi connectivity index (χ3n) is 2.92. The molecule has 4 nitrogen and oxygen atoms in total. The highest BCUT2D eigenvalue weighted by molar-refractivity contribution is 7.80. The van der Waals surface area contributed by atoms with E-state index in [9.17, 15) is 4.79 Å². The number of nitrogens with two attached hydrogens (primary N) is 1. The summed E-state index contributed by atoms with van der Waals surface area (Å²) in [5.41, 5.74) is 6.30. The summed E-state index contributed by atoms with van der Waals surface area (Å²) >= 11 is 10.8. The van der Waals surface area contributed by atoms with Gasteiger partial charge in [-0.3, -0.25) is 0 Å². The number of urea groups is 1. The van der Waals surface area contributed by atoms with E-state index >= 15 is 0 Å². The first-order valence-electron chi connectivity index (χ1n) is 5.70. The molecule has 96 valence electrons. The Morgan fingerprint density at radius 3 is 3.00 bits per heavy atom. The second-order valence-corrected chi connectivity index (χ2v) is 5.10. The molecule has 1 heterocycles. The van der Waals surface area contributed by atoms with E-state index in [1.54, 1.807) is 29.2 Å². The lowest BCUT2D eigenvalue weighted by molar-refractivity contribution is 0.217. The van der Waals surface area contributed by atoms with Crippen molar-refractivity contribution in [1.29, 1.82) is 0 Å². The average Bonchev–Trinajstić information content (AvgIpc) is 2.77. The van der Waals surface area contributed by atoms with Crippen LogP contribution in [0.3, 0.4) is 0 Å². The molecule has 18 heavy (non-hydrogen) atoms. The second-order valence-electron chi connectivity index (χ2n) is 4.19. The predicted octanol–water partition coefficient (Wildman–Crippen LogP) is 2.62. The number of likely N-dealkylation sites (tertiary alicyclic amines) is 1. The molecule has 1 aliphatic heterocycles. The van der Waals surface area contributed by atoms with Crippen LogP contribution in [0.2, 0.25) is 5.02 Å². The molecule has 1 fully saturated rings. The Morgan fingerprint density at radius 2 is 2.33 bits per heavy atom. The van der Waals surface area contributed by atoms with Crippen LogP contribution >= 0.6 is 23.8 Å². The zero-order valence-corrected chi connectivity index (χ0v) is 11.3. The third kappa shape index (κ3) is 2.91. The maximum Gasteiger partial charge on any atom is 0.322 e. The van der Waals surface area contributed by atoms with Gasteiger partial charge in [0.2, 0.25) is 0 Å². The van der Waals surface area contributed by atoms with E-state index in [0.717, 1.165) is 12.8 Å². The van der Waals surface area contributed by atoms with E-state index in [-0.39, 0.29) is 12.1 Å². The van der Waals surface area contributed by atoms with Crippen molar-refractivity contribution >= 4 is 40.5 Å². The first-order valence-corrected chi connectivity index (χ1v) is 6.49. The fourth-order valence-corrected chi connectivity index (χ4v) is 2.50. The van der Waals surface area contributed by atoms with Gasteiger partial charge in [-0.2, -0.15) is 0 Å². The number of amides is 2. The topological polar surface area (TPSA) is 58.4 Å². The first kappa shape index (κ1) is 13.1. The van der Waals surface area contributed by atoms with Gasteiger partial charge in [0.1, 0.15) is 0 Å². The molecular formula is C12H14ClN3OS. The summed E-state index contributed by atoms with van der Waals surface area (Å²) in [7, 11) is 0. The van der Waals surface area contributed by atoms with Crippen molar-refractivity contribution < 1.29 is 4.79 Å². The molecule has 0 bridgehead atoms. The van der Waals surface area contributed by atoms with Crippen molar-refractivity contribution in [2.45, 2.75) is 18.9 Å². The molecule has 0 spiro atoms. The number of rotatable bonds is 2. The first-order chi connectivity index (χ1) is 8.58. The van der Waals surface area contributed by atoms with Crippen LogP contribution in [0.15, 0.2) is 24.3 Å². The Bertz CT molecular complexity index is 480. The lowest BCUT2D eigenvalue weighted by atomic mass is 10.2. The largest absolute Gasteiger partial charge is 0.392 e. The van der Waals surface area contributed by atoms with Crippen LogP contribution in [-0.2, 0) is 0 Å². The molecule has 1 aromatic rings.